The van der Waals surface area contributed by atoms with Crippen LogP contribution in [0.25, 0.3) is 0 Å². The van der Waals surface area contributed by atoms with Crippen LogP contribution in [0.4, 0.5) is 0 Å². The Morgan fingerprint density at radius 2 is 2.09 bits per heavy atom. The summed E-state index contributed by atoms with van der Waals surface area (Å²) >= 11 is 0. The topological polar surface area (TPSA) is 37.3 Å². The highest BCUT2D eigenvalue weighted by Gasteiger charge is 2.64. The molecule has 3 aliphatic rings. The van der Waals surface area contributed by atoms with Gasteiger partial charge in [0.15, 0.2) is 0 Å². The number of fused-ring (bicyclic) bond motifs is 3. The van der Waals surface area contributed by atoms with Crippen LogP contribution in [0.5, 0.6) is 0 Å². The van der Waals surface area contributed by atoms with Gasteiger partial charge in [0.25, 0.3) is 0 Å². The van der Waals surface area contributed by atoms with Crippen molar-refractivity contribution < 1.29 is 9.90 Å². The largest absolute Gasteiger partial charge is 0.478 e. The minimum atomic E-state index is -0.824. The molecule has 0 saturated heterocycles. The minimum absolute atomic E-state index is 0.389. The van der Waals surface area contributed by atoms with Gasteiger partial charge in [-0.15, -0.1) is 0 Å². The highest BCUT2D eigenvalue weighted by Crippen LogP contribution is 2.73. The van der Waals surface area contributed by atoms with E-state index in [4.69, 9.17) is 5.11 Å². The Morgan fingerprint density at radius 3 is 2.77 bits per heavy atom. The molecular weight excluding hydrogens is 272 g/mol. The lowest BCUT2D eigenvalue weighted by Crippen LogP contribution is -2.46. The SMILES string of the molecule is C=C1CC[C@@H]2[C@@]3(C)C[C@H]3CC[C@@]2(C)[C@@H]1CC/C(C)=C/C(=O)O. The van der Waals surface area contributed by atoms with Crippen molar-refractivity contribution in [2.45, 2.75) is 65.7 Å². The van der Waals surface area contributed by atoms with Crippen molar-refractivity contribution in [1.82, 2.24) is 0 Å². The van der Waals surface area contributed by atoms with E-state index in [1.807, 2.05) is 6.92 Å². The fraction of sp³-hybridized carbons (Fsp3) is 0.750. The molecule has 0 aromatic heterocycles. The summed E-state index contributed by atoms with van der Waals surface area (Å²) < 4.78 is 0. The molecule has 122 valence electrons. The van der Waals surface area contributed by atoms with Crippen molar-refractivity contribution in [1.29, 1.82) is 0 Å². The Labute approximate surface area is 134 Å². The summed E-state index contributed by atoms with van der Waals surface area (Å²) in [4.78, 5) is 10.8. The average molecular weight is 302 g/mol. The molecule has 0 aromatic rings. The van der Waals surface area contributed by atoms with Crippen LogP contribution in [-0.2, 0) is 4.79 Å². The van der Waals surface area contributed by atoms with Gasteiger partial charge in [0.05, 0.1) is 0 Å². The van der Waals surface area contributed by atoms with E-state index in [0.29, 0.717) is 16.7 Å². The number of carbonyl (C=O) groups is 1. The number of hydrogen-bond acceptors (Lipinski definition) is 1. The zero-order valence-corrected chi connectivity index (χ0v) is 14.3. The molecule has 0 radical (unpaired) electrons. The number of rotatable bonds is 4. The van der Waals surface area contributed by atoms with E-state index in [1.165, 1.54) is 43.8 Å². The molecule has 22 heavy (non-hydrogen) atoms. The third-order valence-electron chi connectivity index (χ3n) is 7.32. The Bertz CT molecular complexity index is 532. The van der Waals surface area contributed by atoms with Crippen LogP contribution in [0.3, 0.4) is 0 Å². The maximum Gasteiger partial charge on any atom is 0.328 e. The molecule has 1 N–H and O–H groups in total. The van der Waals surface area contributed by atoms with Gasteiger partial charge in [-0.1, -0.05) is 31.6 Å². The zero-order chi connectivity index (χ0) is 16.1. The summed E-state index contributed by atoms with van der Waals surface area (Å²) in [5.74, 6) is 1.57. The third kappa shape index (κ3) is 2.45. The van der Waals surface area contributed by atoms with Crippen LogP contribution in [0, 0.1) is 28.6 Å². The van der Waals surface area contributed by atoms with Crippen LogP contribution < -0.4 is 0 Å². The van der Waals surface area contributed by atoms with E-state index in [9.17, 15) is 4.79 Å². The Morgan fingerprint density at radius 1 is 1.36 bits per heavy atom. The predicted molar refractivity (Wildman–Crippen MR) is 89.5 cm³/mol. The molecule has 0 amide bonds. The van der Waals surface area contributed by atoms with Gasteiger partial charge in [-0.2, -0.15) is 0 Å². The molecule has 3 rings (SSSR count). The molecular formula is C20H30O2. The second-order valence-electron chi connectivity index (χ2n) is 8.62. The van der Waals surface area contributed by atoms with Crippen LogP contribution in [0.2, 0.25) is 0 Å². The van der Waals surface area contributed by atoms with Crippen molar-refractivity contribution >= 4 is 5.97 Å². The average Bonchev–Trinajstić information content (AvgIpc) is 3.08. The lowest BCUT2D eigenvalue weighted by atomic mass is 9.50. The van der Waals surface area contributed by atoms with E-state index in [0.717, 1.165) is 30.3 Å². The van der Waals surface area contributed by atoms with E-state index < -0.39 is 5.97 Å². The van der Waals surface area contributed by atoms with Crippen molar-refractivity contribution in [2.24, 2.45) is 28.6 Å². The fourth-order valence-corrected chi connectivity index (χ4v) is 5.98. The molecule has 3 fully saturated rings. The van der Waals surface area contributed by atoms with Crippen LogP contribution in [-0.4, -0.2) is 11.1 Å². The first-order valence-corrected chi connectivity index (χ1v) is 8.85. The molecule has 2 nitrogen and oxygen atoms in total. The Balaban J connectivity index is 1.76. The van der Waals surface area contributed by atoms with Crippen molar-refractivity contribution in [3.8, 4) is 0 Å². The Kier molecular flexibility index (Phi) is 3.78. The first kappa shape index (κ1) is 15.8. The summed E-state index contributed by atoms with van der Waals surface area (Å²) in [7, 11) is 0. The third-order valence-corrected chi connectivity index (χ3v) is 7.32. The summed E-state index contributed by atoms with van der Waals surface area (Å²) in [6, 6.07) is 0. The van der Waals surface area contributed by atoms with Crippen LogP contribution in [0.15, 0.2) is 23.8 Å². The van der Waals surface area contributed by atoms with Gasteiger partial charge in [0.1, 0.15) is 0 Å². The maximum absolute atomic E-state index is 10.8. The van der Waals surface area contributed by atoms with E-state index >= 15 is 0 Å². The van der Waals surface area contributed by atoms with Gasteiger partial charge in [-0.3, -0.25) is 0 Å². The van der Waals surface area contributed by atoms with E-state index in [-0.39, 0.29) is 0 Å². The van der Waals surface area contributed by atoms with Gasteiger partial charge in [0.2, 0.25) is 0 Å². The van der Waals surface area contributed by atoms with Crippen LogP contribution in [0.1, 0.15) is 65.7 Å². The lowest BCUT2D eigenvalue weighted by molar-refractivity contribution is -0.131. The van der Waals surface area contributed by atoms with Gasteiger partial charge >= 0.3 is 5.97 Å². The smallest absolute Gasteiger partial charge is 0.328 e. The standard InChI is InChI=1S/C20H30O2/c1-13(11-18(21)22)5-7-16-14(2)6-8-17-19(16,3)10-9-15-12-20(15,17)4/h11,15-17H,2,5-10,12H2,1,3-4H3,(H,21,22)/b13-11+/t15-,16-,17+,19+,20+/m1/s1. The first-order valence-electron chi connectivity index (χ1n) is 8.85. The first-order chi connectivity index (χ1) is 10.3. The monoisotopic (exact) mass is 302 g/mol. The highest BCUT2D eigenvalue weighted by atomic mass is 16.4. The molecule has 3 saturated carbocycles. The summed E-state index contributed by atoms with van der Waals surface area (Å²) in [6.45, 7) is 11.4. The zero-order valence-electron chi connectivity index (χ0n) is 14.3. The maximum atomic E-state index is 10.8. The normalized spacial score (nSPS) is 44.2. The van der Waals surface area contributed by atoms with Crippen molar-refractivity contribution in [3.05, 3.63) is 23.8 Å². The second kappa shape index (κ2) is 5.25. The second-order valence-corrected chi connectivity index (χ2v) is 8.62. The van der Waals surface area contributed by atoms with E-state index in [1.54, 1.807) is 0 Å². The Hall–Kier alpha value is -1.05. The summed E-state index contributed by atoms with van der Waals surface area (Å²) in [5.41, 5.74) is 3.39. The molecule has 0 unspecified atom stereocenters. The predicted octanol–water partition coefficient (Wildman–Crippen LogP) is 5.21. The number of carboxylic acids is 1. The molecule has 5 atom stereocenters. The van der Waals surface area contributed by atoms with Gasteiger partial charge in [-0.05, 0) is 80.5 Å². The molecule has 0 aromatic carbocycles. The molecule has 3 aliphatic carbocycles. The molecule has 0 bridgehead atoms. The summed E-state index contributed by atoms with van der Waals surface area (Å²) in [6.07, 6.45) is 9.98. The number of aliphatic carboxylic acids is 1. The van der Waals surface area contributed by atoms with Gasteiger partial charge in [0, 0.05) is 6.08 Å². The number of carboxylic acid groups (broad SMARTS) is 1. The van der Waals surface area contributed by atoms with Gasteiger partial charge < -0.3 is 5.11 Å². The molecule has 0 aliphatic heterocycles. The van der Waals surface area contributed by atoms with Gasteiger partial charge in [-0.25, -0.2) is 4.79 Å². The van der Waals surface area contributed by atoms with Crippen molar-refractivity contribution in [3.63, 3.8) is 0 Å². The highest BCUT2D eigenvalue weighted by molar-refractivity contribution is 5.80. The van der Waals surface area contributed by atoms with Crippen LogP contribution >= 0.6 is 0 Å². The van der Waals surface area contributed by atoms with Crippen molar-refractivity contribution in [2.75, 3.05) is 0 Å². The fourth-order valence-electron chi connectivity index (χ4n) is 5.98. The summed E-state index contributed by atoms with van der Waals surface area (Å²) in [5, 5.41) is 8.89. The number of hydrogen-bond donors (Lipinski definition) is 1. The number of allylic oxidation sites excluding steroid dienone is 2. The quantitative estimate of drug-likeness (QED) is 0.572. The lowest BCUT2D eigenvalue weighted by Gasteiger charge is -2.54. The molecule has 0 spiro atoms. The van der Waals surface area contributed by atoms with E-state index in [2.05, 4.69) is 20.4 Å². The molecule has 2 heteroatoms. The minimum Gasteiger partial charge on any atom is -0.478 e. The molecule has 0 heterocycles.